The Hall–Kier alpha value is -2.55. The number of carbonyl (C=O) groups excluding carboxylic acids is 1. The Balaban J connectivity index is 1.36. The lowest BCUT2D eigenvalue weighted by Crippen LogP contribution is -2.39. The second kappa shape index (κ2) is 7.36. The van der Waals surface area contributed by atoms with Crippen molar-refractivity contribution >= 4 is 16.8 Å². The molecule has 0 radical (unpaired) electrons. The Bertz CT molecular complexity index is 889. The molecule has 26 heavy (non-hydrogen) atoms. The van der Waals surface area contributed by atoms with E-state index in [9.17, 15) is 4.79 Å². The van der Waals surface area contributed by atoms with Crippen LogP contribution in [0.15, 0.2) is 60.8 Å². The lowest BCUT2D eigenvalue weighted by atomic mass is 9.90. The molecule has 2 aromatic carbocycles. The van der Waals surface area contributed by atoms with Gasteiger partial charge in [-0.3, -0.25) is 4.79 Å². The van der Waals surface area contributed by atoms with Gasteiger partial charge in [0.25, 0.3) is 0 Å². The second-order valence-electron chi connectivity index (χ2n) is 7.47. The van der Waals surface area contributed by atoms with E-state index in [1.165, 1.54) is 16.5 Å². The molecule has 0 unspecified atom stereocenters. The standard InChI is InChI=1S/C23H26N2O/c1-24-17-20(21-9-5-6-10-22(21)24)16-23(26)25-13-11-19(12-14-25)15-18-7-3-2-4-8-18/h2-10,17,19H,11-16H2,1H3. The number of hydrogen-bond acceptors (Lipinski definition) is 1. The summed E-state index contributed by atoms with van der Waals surface area (Å²) in [4.78, 5) is 14.9. The minimum atomic E-state index is 0.263. The van der Waals surface area contributed by atoms with Gasteiger partial charge in [-0.25, -0.2) is 0 Å². The molecular weight excluding hydrogens is 320 g/mol. The summed E-state index contributed by atoms with van der Waals surface area (Å²) < 4.78 is 2.12. The van der Waals surface area contributed by atoms with Crippen molar-refractivity contribution in [2.75, 3.05) is 13.1 Å². The normalized spacial score (nSPS) is 15.5. The smallest absolute Gasteiger partial charge is 0.227 e. The lowest BCUT2D eigenvalue weighted by molar-refractivity contribution is -0.131. The molecule has 1 saturated heterocycles. The number of fused-ring (bicyclic) bond motifs is 1. The van der Waals surface area contributed by atoms with Crippen LogP contribution in [0, 0.1) is 5.92 Å². The Morgan fingerprint density at radius 1 is 1.00 bits per heavy atom. The van der Waals surface area contributed by atoms with Gasteiger partial charge < -0.3 is 9.47 Å². The third-order valence-corrected chi connectivity index (χ3v) is 5.66. The number of rotatable bonds is 4. The molecule has 1 amide bonds. The van der Waals surface area contributed by atoms with Crippen LogP contribution in [0.1, 0.15) is 24.0 Å². The number of amides is 1. The van der Waals surface area contributed by atoms with Crippen LogP contribution in [0.2, 0.25) is 0 Å². The Morgan fingerprint density at radius 3 is 2.46 bits per heavy atom. The maximum atomic E-state index is 12.8. The van der Waals surface area contributed by atoms with E-state index in [2.05, 4.69) is 58.1 Å². The molecule has 0 spiro atoms. The summed E-state index contributed by atoms with van der Waals surface area (Å²) in [6.07, 6.45) is 5.95. The Labute approximate surface area is 155 Å². The molecule has 1 aliphatic heterocycles. The summed E-state index contributed by atoms with van der Waals surface area (Å²) in [7, 11) is 2.05. The van der Waals surface area contributed by atoms with E-state index < -0.39 is 0 Å². The van der Waals surface area contributed by atoms with Gasteiger partial charge in [-0.05, 0) is 42.4 Å². The van der Waals surface area contributed by atoms with Crippen molar-refractivity contribution in [1.82, 2.24) is 9.47 Å². The van der Waals surface area contributed by atoms with E-state index in [1.54, 1.807) is 0 Å². The van der Waals surface area contributed by atoms with Crippen molar-refractivity contribution in [1.29, 1.82) is 0 Å². The molecule has 2 heterocycles. The fourth-order valence-electron chi connectivity index (χ4n) is 4.18. The highest BCUT2D eigenvalue weighted by molar-refractivity contribution is 5.89. The zero-order valence-electron chi connectivity index (χ0n) is 15.4. The number of para-hydroxylation sites is 1. The zero-order chi connectivity index (χ0) is 17.9. The molecule has 134 valence electrons. The molecule has 0 aliphatic carbocycles. The number of nitrogens with zero attached hydrogens (tertiary/aromatic N) is 2. The van der Waals surface area contributed by atoms with E-state index in [-0.39, 0.29) is 5.91 Å². The van der Waals surface area contributed by atoms with Crippen LogP contribution in [0.5, 0.6) is 0 Å². The van der Waals surface area contributed by atoms with Crippen LogP contribution < -0.4 is 0 Å². The van der Waals surface area contributed by atoms with Crippen molar-refractivity contribution in [2.45, 2.75) is 25.7 Å². The minimum absolute atomic E-state index is 0.263. The van der Waals surface area contributed by atoms with Crippen LogP contribution in [0.25, 0.3) is 10.9 Å². The Morgan fingerprint density at radius 2 is 1.69 bits per heavy atom. The SMILES string of the molecule is Cn1cc(CC(=O)N2CCC(Cc3ccccc3)CC2)c2ccccc21. The number of piperidine rings is 1. The lowest BCUT2D eigenvalue weighted by Gasteiger charge is -2.32. The van der Waals surface area contributed by atoms with Gasteiger partial charge in [0.05, 0.1) is 6.42 Å². The van der Waals surface area contributed by atoms with E-state index in [0.29, 0.717) is 12.3 Å². The van der Waals surface area contributed by atoms with Gasteiger partial charge in [0.15, 0.2) is 0 Å². The second-order valence-corrected chi connectivity index (χ2v) is 7.47. The average Bonchev–Trinajstić information content (AvgIpc) is 2.99. The number of hydrogen-bond donors (Lipinski definition) is 0. The van der Waals surface area contributed by atoms with E-state index in [0.717, 1.165) is 37.9 Å². The summed E-state index contributed by atoms with van der Waals surface area (Å²) >= 11 is 0. The van der Waals surface area contributed by atoms with Crippen molar-refractivity contribution < 1.29 is 4.79 Å². The predicted octanol–water partition coefficient (Wildman–Crippen LogP) is 4.20. The Kier molecular flexibility index (Phi) is 4.79. The number of carbonyl (C=O) groups is 1. The first-order chi connectivity index (χ1) is 12.7. The molecule has 1 aromatic heterocycles. The molecule has 3 nitrogen and oxygen atoms in total. The van der Waals surface area contributed by atoms with Crippen LogP contribution in [-0.2, 0) is 24.7 Å². The highest BCUT2D eigenvalue weighted by Gasteiger charge is 2.23. The molecule has 0 N–H and O–H groups in total. The van der Waals surface area contributed by atoms with Crippen LogP contribution in [-0.4, -0.2) is 28.5 Å². The summed E-state index contributed by atoms with van der Waals surface area (Å²) in [6.45, 7) is 1.78. The van der Waals surface area contributed by atoms with Gasteiger partial charge in [0.2, 0.25) is 5.91 Å². The molecule has 0 atom stereocenters. The molecule has 3 aromatic rings. The summed E-state index contributed by atoms with van der Waals surface area (Å²) in [5.41, 5.74) is 3.74. The van der Waals surface area contributed by atoms with E-state index in [1.807, 2.05) is 19.2 Å². The topological polar surface area (TPSA) is 25.2 Å². The zero-order valence-corrected chi connectivity index (χ0v) is 15.4. The van der Waals surface area contributed by atoms with E-state index >= 15 is 0 Å². The van der Waals surface area contributed by atoms with E-state index in [4.69, 9.17) is 0 Å². The number of aromatic nitrogens is 1. The average molecular weight is 346 g/mol. The van der Waals surface area contributed by atoms with Crippen LogP contribution >= 0.6 is 0 Å². The van der Waals surface area contributed by atoms with Crippen molar-refractivity contribution in [3.63, 3.8) is 0 Å². The van der Waals surface area contributed by atoms with Crippen LogP contribution in [0.3, 0.4) is 0 Å². The van der Waals surface area contributed by atoms with Crippen molar-refractivity contribution in [2.24, 2.45) is 13.0 Å². The van der Waals surface area contributed by atoms with Crippen molar-refractivity contribution in [3.05, 3.63) is 71.9 Å². The maximum Gasteiger partial charge on any atom is 0.227 e. The first-order valence-electron chi connectivity index (χ1n) is 9.55. The summed E-state index contributed by atoms with van der Waals surface area (Å²) in [5, 5.41) is 1.20. The quantitative estimate of drug-likeness (QED) is 0.695. The minimum Gasteiger partial charge on any atom is -0.350 e. The van der Waals surface area contributed by atoms with Crippen molar-refractivity contribution in [3.8, 4) is 0 Å². The molecule has 4 rings (SSSR count). The highest BCUT2D eigenvalue weighted by atomic mass is 16.2. The largest absolute Gasteiger partial charge is 0.350 e. The fraction of sp³-hybridized carbons (Fsp3) is 0.348. The molecule has 0 saturated carbocycles. The van der Waals surface area contributed by atoms with Gasteiger partial charge >= 0.3 is 0 Å². The molecule has 0 bridgehead atoms. The van der Waals surface area contributed by atoms with Gasteiger partial charge in [-0.1, -0.05) is 48.5 Å². The predicted molar refractivity (Wildman–Crippen MR) is 106 cm³/mol. The molecule has 1 fully saturated rings. The van der Waals surface area contributed by atoms with Gasteiger partial charge in [-0.15, -0.1) is 0 Å². The van der Waals surface area contributed by atoms with Gasteiger partial charge in [0, 0.05) is 37.2 Å². The maximum absolute atomic E-state index is 12.8. The van der Waals surface area contributed by atoms with Crippen LogP contribution in [0.4, 0.5) is 0 Å². The molecular formula is C23H26N2O. The van der Waals surface area contributed by atoms with Gasteiger partial charge in [-0.2, -0.15) is 0 Å². The monoisotopic (exact) mass is 346 g/mol. The van der Waals surface area contributed by atoms with Gasteiger partial charge in [0.1, 0.15) is 0 Å². The third-order valence-electron chi connectivity index (χ3n) is 5.66. The molecule has 3 heteroatoms. The number of aryl methyl sites for hydroxylation is 1. The first-order valence-corrected chi connectivity index (χ1v) is 9.55. The number of benzene rings is 2. The third kappa shape index (κ3) is 3.52. The summed E-state index contributed by atoms with van der Waals surface area (Å²) in [6, 6.07) is 19.0. The molecule has 1 aliphatic rings. The first kappa shape index (κ1) is 16.9. The fourth-order valence-corrected chi connectivity index (χ4v) is 4.18. The highest BCUT2D eigenvalue weighted by Crippen LogP contribution is 2.24. The number of likely N-dealkylation sites (tertiary alicyclic amines) is 1. The summed E-state index contributed by atoms with van der Waals surface area (Å²) in [5.74, 6) is 0.957.